The Hall–Kier alpha value is -0.0400. The predicted octanol–water partition coefficient (Wildman–Crippen LogP) is 7.16. The summed E-state index contributed by atoms with van der Waals surface area (Å²) in [6.45, 7) is 2.05. The topological polar surface area (TPSA) is 20.2 Å². The lowest BCUT2D eigenvalue weighted by Crippen LogP contribution is -2.23. The van der Waals surface area contributed by atoms with Crippen LogP contribution >= 0.6 is 0 Å². The summed E-state index contributed by atoms with van der Waals surface area (Å²) < 4.78 is 0. The van der Waals surface area contributed by atoms with E-state index in [9.17, 15) is 5.11 Å². The van der Waals surface area contributed by atoms with Crippen LogP contribution in [0.3, 0.4) is 0 Å². The van der Waals surface area contributed by atoms with E-state index in [1.54, 1.807) is 0 Å². The maximum absolute atomic E-state index is 10.4. The van der Waals surface area contributed by atoms with Gasteiger partial charge in [-0.05, 0) is 19.8 Å². The summed E-state index contributed by atoms with van der Waals surface area (Å²) in [6.07, 6.45) is 25.7. The van der Waals surface area contributed by atoms with Crippen LogP contribution < -0.4 is 0 Å². The van der Waals surface area contributed by atoms with Gasteiger partial charge >= 0.3 is 0 Å². The molecule has 1 heteroatoms. The Balaban J connectivity index is 2.17. The van der Waals surface area contributed by atoms with Crippen molar-refractivity contribution in [1.29, 1.82) is 0 Å². The molecular formula is C21H42O. The van der Waals surface area contributed by atoms with Crippen molar-refractivity contribution in [3.05, 3.63) is 0 Å². The zero-order valence-electron chi connectivity index (χ0n) is 15.4. The van der Waals surface area contributed by atoms with Crippen LogP contribution in [0, 0.1) is 0 Å². The second-order valence-corrected chi connectivity index (χ2v) is 8.01. The normalized spacial score (nSPS) is 25.4. The Morgan fingerprint density at radius 1 is 0.409 bits per heavy atom. The molecule has 132 valence electrons. The molecule has 1 saturated carbocycles. The third-order valence-corrected chi connectivity index (χ3v) is 5.43. The van der Waals surface area contributed by atoms with Crippen LogP contribution in [0.25, 0.3) is 0 Å². The Kier molecular flexibility index (Phi) is 12.2. The Morgan fingerprint density at radius 2 is 0.591 bits per heavy atom. The first-order valence-corrected chi connectivity index (χ1v) is 10.4. The summed E-state index contributed by atoms with van der Waals surface area (Å²) in [5.41, 5.74) is -0.402. The molecule has 0 radical (unpaired) electrons. The maximum Gasteiger partial charge on any atom is 0.0619 e. The third kappa shape index (κ3) is 12.5. The lowest BCUT2D eigenvalue weighted by molar-refractivity contribution is 0.0366. The molecule has 1 N–H and O–H groups in total. The van der Waals surface area contributed by atoms with Gasteiger partial charge in [0.15, 0.2) is 0 Å². The zero-order chi connectivity index (χ0) is 15.9. The van der Waals surface area contributed by atoms with E-state index in [4.69, 9.17) is 0 Å². The lowest BCUT2D eigenvalue weighted by Gasteiger charge is -2.23. The van der Waals surface area contributed by atoms with Crippen LogP contribution in [-0.2, 0) is 0 Å². The van der Waals surface area contributed by atoms with Crippen LogP contribution in [0.2, 0.25) is 0 Å². The van der Waals surface area contributed by atoms with E-state index < -0.39 is 5.60 Å². The van der Waals surface area contributed by atoms with E-state index in [0.29, 0.717) is 0 Å². The van der Waals surface area contributed by atoms with E-state index in [1.807, 2.05) is 0 Å². The standard InChI is InChI=1S/C21H42O/c1-21(22)19-17-15-13-11-9-7-5-3-2-4-6-8-10-12-14-16-18-20-21/h22H,2-20H2,1H3. The highest BCUT2D eigenvalue weighted by atomic mass is 16.3. The smallest absolute Gasteiger partial charge is 0.0619 e. The molecule has 0 aromatic rings. The minimum absolute atomic E-state index is 0.402. The van der Waals surface area contributed by atoms with Gasteiger partial charge in [0.1, 0.15) is 0 Å². The quantitative estimate of drug-likeness (QED) is 0.503. The summed E-state index contributed by atoms with van der Waals surface area (Å²) in [6, 6.07) is 0. The second kappa shape index (κ2) is 13.4. The molecule has 0 aromatic carbocycles. The predicted molar refractivity (Wildman–Crippen MR) is 98.3 cm³/mol. The maximum atomic E-state index is 10.4. The monoisotopic (exact) mass is 310 g/mol. The molecular weight excluding hydrogens is 268 g/mol. The van der Waals surface area contributed by atoms with Gasteiger partial charge in [0.25, 0.3) is 0 Å². The van der Waals surface area contributed by atoms with E-state index in [1.165, 1.54) is 109 Å². The molecule has 0 aromatic heterocycles. The first kappa shape index (κ1) is 20.0. The minimum Gasteiger partial charge on any atom is -0.390 e. The summed E-state index contributed by atoms with van der Waals surface area (Å²) in [5.74, 6) is 0. The average molecular weight is 311 g/mol. The Morgan fingerprint density at radius 3 is 0.818 bits per heavy atom. The SMILES string of the molecule is CC1(O)CCCCCCCCCCCCCCCCCCC1. The van der Waals surface area contributed by atoms with Crippen LogP contribution in [0.4, 0.5) is 0 Å². The number of rotatable bonds is 0. The van der Waals surface area contributed by atoms with Crippen molar-refractivity contribution >= 4 is 0 Å². The molecule has 0 aliphatic heterocycles. The van der Waals surface area contributed by atoms with E-state index in [2.05, 4.69) is 6.92 Å². The van der Waals surface area contributed by atoms with Crippen LogP contribution in [0.15, 0.2) is 0 Å². The molecule has 0 amide bonds. The number of hydrogen-bond donors (Lipinski definition) is 1. The van der Waals surface area contributed by atoms with Gasteiger partial charge in [0.05, 0.1) is 5.60 Å². The highest BCUT2D eigenvalue weighted by molar-refractivity contribution is 4.72. The second-order valence-electron chi connectivity index (χ2n) is 8.01. The summed E-state index contributed by atoms with van der Waals surface area (Å²) in [7, 11) is 0. The van der Waals surface area contributed by atoms with Gasteiger partial charge < -0.3 is 5.11 Å². The molecule has 0 unspecified atom stereocenters. The molecule has 0 atom stereocenters. The van der Waals surface area contributed by atoms with Crippen molar-refractivity contribution in [3.8, 4) is 0 Å². The first-order chi connectivity index (χ1) is 10.7. The van der Waals surface area contributed by atoms with Crippen molar-refractivity contribution in [2.45, 2.75) is 135 Å². The van der Waals surface area contributed by atoms with Crippen molar-refractivity contribution in [2.75, 3.05) is 0 Å². The van der Waals surface area contributed by atoms with Gasteiger partial charge in [0.2, 0.25) is 0 Å². The first-order valence-electron chi connectivity index (χ1n) is 10.4. The molecule has 1 rings (SSSR count). The van der Waals surface area contributed by atoms with Gasteiger partial charge in [-0.15, -0.1) is 0 Å². The molecule has 0 saturated heterocycles. The van der Waals surface area contributed by atoms with E-state index >= 15 is 0 Å². The van der Waals surface area contributed by atoms with Crippen LogP contribution in [0.5, 0.6) is 0 Å². The molecule has 1 nitrogen and oxygen atoms in total. The highest BCUT2D eigenvalue weighted by Gasteiger charge is 2.18. The van der Waals surface area contributed by atoms with Crippen LogP contribution in [-0.4, -0.2) is 10.7 Å². The molecule has 1 fully saturated rings. The van der Waals surface area contributed by atoms with Gasteiger partial charge in [-0.3, -0.25) is 0 Å². The number of hydrogen-bond acceptors (Lipinski definition) is 1. The minimum atomic E-state index is -0.402. The van der Waals surface area contributed by atoms with Crippen molar-refractivity contribution < 1.29 is 5.11 Å². The number of aliphatic hydroxyl groups is 1. The molecule has 0 heterocycles. The molecule has 1 aliphatic carbocycles. The summed E-state index contributed by atoms with van der Waals surface area (Å²) in [5, 5.41) is 10.4. The lowest BCUT2D eigenvalue weighted by atomic mass is 9.91. The summed E-state index contributed by atoms with van der Waals surface area (Å²) in [4.78, 5) is 0. The Bertz CT molecular complexity index is 212. The van der Waals surface area contributed by atoms with Crippen molar-refractivity contribution in [2.24, 2.45) is 0 Å². The third-order valence-electron chi connectivity index (χ3n) is 5.43. The van der Waals surface area contributed by atoms with Gasteiger partial charge in [0, 0.05) is 0 Å². The fraction of sp³-hybridized carbons (Fsp3) is 1.00. The molecule has 22 heavy (non-hydrogen) atoms. The fourth-order valence-electron chi connectivity index (χ4n) is 3.79. The highest BCUT2D eigenvalue weighted by Crippen LogP contribution is 2.23. The molecule has 1 aliphatic rings. The fourth-order valence-corrected chi connectivity index (χ4v) is 3.79. The van der Waals surface area contributed by atoms with Gasteiger partial charge in [-0.25, -0.2) is 0 Å². The van der Waals surface area contributed by atoms with Crippen LogP contribution in [0.1, 0.15) is 129 Å². The van der Waals surface area contributed by atoms with Crippen molar-refractivity contribution in [1.82, 2.24) is 0 Å². The molecule has 0 bridgehead atoms. The largest absolute Gasteiger partial charge is 0.390 e. The Labute approximate surface area is 140 Å². The van der Waals surface area contributed by atoms with Gasteiger partial charge in [-0.1, -0.05) is 109 Å². The van der Waals surface area contributed by atoms with E-state index in [0.717, 1.165) is 12.8 Å². The van der Waals surface area contributed by atoms with E-state index in [-0.39, 0.29) is 0 Å². The zero-order valence-corrected chi connectivity index (χ0v) is 15.4. The van der Waals surface area contributed by atoms with Gasteiger partial charge in [-0.2, -0.15) is 0 Å². The molecule has 0 spiro atoms. The van der Waals surface area contributed by atoms with Crippen molar-refractivity contribution in [3.63, 3.8) is 0 Å². The average Bonchev–Trinajstić information content (AvgIpc) is 2.48. The summed E-state index contributed by atoms with van der Waals surface area (Å²) >= 11 is 0.